The van der Waals surface area contributed by atoms with Crippen LogP contribution in [-0.4, -0.2) is 62.0 Å². The molecule has 1 unspecified atom stereocenters. The van der Waals surface area contributed by atoms with Crippen molar-refractivity contribution in [2.75, 3.05) is 33.0 Å². The molecule has 0 saturated heterocycles. The molecule has 5 nitrogen and oxygen atoms in total. The number of unbranched alkanes of at least 4 members (excludes halogenated alkanes) is 24. The summed E-state index contributed by atoms with van der Waals surface area (Å²) in [7, 11) is 0. The Labute approximate surface area is 338 Å². The second-order valence-corrected chi connectivity index (χ2v) is 16.7. The summed E-state index contributed by atoms with van der Waals surface area (Å²) in [6, 6.07) is 0.953. The molecule has 0 saturated carbocycles. The largest absolute Gasteiger partial charge is 0.463 e. The SMILES string of the molecule is CCCCCCCC/C=C\CCCCCCCCOCC(COC(=O)CCCN(C(C)C)C(C)C)OCCCCCCCC/C=C\CCCCCCCC. The molecular weight excluding hydrogens is 667 g/mol. The lowest BCUT2D eigenvalue weighted by molar-refractivity contribution is -0.150. The van der Waals surface area contributed by atoms with E-state index in [1.165, 1.54) is 167 Å². The van der Waals surface area contributed by atoms with Crippen molar-refractivity contribution >= 4 is 5.97 Å². The molecule has 1 atom stereocenters. The highest BCUT2D eigenvalue weighted by Crippen LogP contribution is 2.13. The molecule has 0 aliphatic carbocycles. The number of esters is 1. The van der Waals surface area contributed by atoms with Crippen LogP contribution in [-0.2, 0) is 19.0 Å². The maximum absolute atomic E-state index is 12.6. The molecule has 54 heavy (non-hydrogen) atoms. The first-order chi connectivity index (χ1) is 26.4. The number of ether oxygens (including phenoxy) is 3. The van der Waals surface area contributed by atoms with Crippen LogP contribution in [0.15, 0.2) is 24.3 Å². The van der Waals surface area contributed by atoms with Crippen LogP contribution in [0.1, 0.15) is 234 Å². The highest BCUT2D eigenvalue weighted by atomic mass is 16.6. The number of allylic oxidation sites excluding steroid dienone is 4. The molecule has 0 aromatic heterocycles. The summed E-state index contributed by atoms with van der Waals surface area (Å²) in [5.74, 6) is -0.124. The molecule has 0 bridgehead atoms. The van der Waals surface area contributed by atoms with E-state index in [1.54, 1.807) is 0 Å². The lowest BCUT2D eigenvalue weighted by atomic mass is 10.1. The van der Waals surface area contributed by atoms with Gasteiger partial charge in [-0.25, -0.2) is 0 Å². The molecule has 5 heteroatoms. The normalized spacial score (nSPS) is 12.8. The monoisotopic (exact) mass is 762 g/mol. The number of carbonyl (C=O) groups excluding carboxylic acids is 1. The summed E-state index contributed by atoms with van der Waals surface area (Å²) >= 11 is 0. The van der Waals surface area contributed by atoms with Crippen LogP contribution in [0, 0.1) is 0 Å². The third-order valence-electron chi connectivity index (χ3n) is 10.7. The lowest BCUT2D eigenvalue weighted by Gasteiger charge is -2.30. The highest BCUT2D eigenvalue weighted by Gasteiger charge is 2.16. The predicted octanol–water partition coefficient (Wildman–Crippen LogP) is 14.9. The maximum atomic E-state index is 12.6. The van der Waals surface area contributed by atoms with Gasteiger partial charge >= 0.3 is 5.97 Å². The van der Waals surface area contributed by atoms with E-state index >= 15 is 0 Å². The molecule has 0 aliphatic heterocycles. The van der Waals surface area contributed by atoms with Crippen molar-refractivity contribution in [3.05, 3.63) is 24.3 Å². The van der Waals surface area contributed by atoms with E-state index in [-0.39, 0.29) is 18.7 Å². The van der Waals surface area contributed by atoms with E-state index < -0.39 is 0 Å². The van der Waals surface area contributed by atoms with E-state index in [0.29, 0.717) is 31.7 Å². The van der Waals surface area contributed by atoms with Crippen molar-refractivity contribution in [2.45, 2.75) is 252 Å². The maximum Gasteiger partial charge on any atom is 0.305 e. The summed E-state index contributed by atoms with van der Waals surface area (Å²) in [5, 5.41) is 0. The van der Waals surface area contributed by atoms with Crippen molar-refractivity contribution in [3.8, 4) is 0 Å². The Morgan fingerprint density at radius 2 is 0.870 bits per heavy atom. The van der Waals surface area contributed by atoms with Crippen LogP contribution in [0.2, 0.25) is 0 Å². The van der Waals surface area contributed by atoms with Gasteiger partial charge in [0, 0.05) is 31.7 Å². The minimum atomic E-state index is -0.186. The fraction of sp³-hybridized carbons (Fsp3) is 0.898. The van der Waals surface area contributed by atoms with E-state index in [4.69, 9.17) is 14.2 Å². The third-order valence-corrected chi connectivity index (χ3v) is 10.7. The fourth-order valence-electron chi connectivity index (χ4n) is 7.19. The molecule has 0 spiro atoms. The molecular formula is C49H95NO4. The van der Waals surface area contributed by atoms with Crippen molar-refractivity contribution in [1.29, 1.82) is 0 Å². The van der Waals surface area contributed by atoms with E-state index in [1.807, 2.05) is 0 Å². The van der Waals surface area contributed by atoms with Crippen LogP contribution in [0.5, 0.6) is 0 Å². The Bertz CT molecular complexity index is 802. The Morgan fingerprint density at radius 1 is 0.481 bits per heavy atom. The van der Waals surface area contributed by atoms with Gasteiger partial charge in [-0.15, -0.1) is 0 Å². The fourth-order valence-corrected chi connectivity index (χ4v) is 7.19. The lowest BCUT2D eigenvalue weighted by Crippen LogP contribution is -2.37. The molecule has 0 amide bonds. The second kappa shape index (κ2) is 43.0. The average molecular weight is 762 g/mol. The second-order valence-electron chi connectivity index (χ2n) is 16.7. The van der Waals surface area contributed by atoms with Crippen molar-refractivity contribution in [2.24, 2.45) is 0 Å². The molecule has 0 N–H and O–H groups in total. The quantitative estimate of drug-likeness (QED) is 0.0352. The zero-order chi connectivity index (χ0) is 39.6. The van der Waals surface area contributed by atoms with Gasteiger partial charge in [-0.2, -0.15) is 0 Å². The number of hydrogen-bond acceptors (Lipinski definition) is 5. The molecule has 0 fully saturated rings. The summed E-state index contributed by atoms with van der Waals surface area (Å²) in [6.45, 7) is 16.6. The number of carbonyl (C=O) groups is 1. The van der Waals surface area contributed by atoms with Crippen molar-refractivity contribution < 1.29 is 19.0 Å². The van der Waals surface area contributed by atoms with Crippen LogP contribution in [0.4, 0.5) is 0 Å². The minimum absolute atomic E-state index is 0.124. The molecule has 0 heterocycles. The standard InChI is InChI=1S/C49H95NO4/c1-7-9-11-13-15-17-19-21-23-25-27-29-31-33-35-37-42-52-44-48(45-54-49(51)40-39-41-50(46(3)4)47(5)6)53-43-38-36-34-32-30-28-26-24-22-20-18-16-14-12-10-8-2/h21-24,46-48H,7-20,25-45H2,1-6H3/b23-21-,24-22-. The van der Waals surface area contributed by atoms with E-state index in [9.17, 15) is 4.79 Å². The summed E-state index contributed by atoms with van der Waals surface area (Å²) in [4.78, 5) is 15.0. The molecule has 0 aromatic carbocycles. The minimum Gasteiger partial charge on any atom is -0.463 e. The van der Waals surface area contributed by atoms with Gasteiger partial charge in [0.15, 0.2) is 0 Å². The van der Waals surface area contributed by atoms with Gasteiger partial charge in [0.05, 0.1) is 6.61 Å². The van der Waals surface area contributed by atoms with Gasteiger partial charge < -0.3 is 14.2 Å². The summed E-state index contributed by atoms with van der Waals surface area (Å²) in [5.41, 5.74) is 0. The Kier molecular flexibility index (Phi) is 42.0. The van der Waals surface area contributed by atoms with E-state index in [2.05, 4.69) is 70.7 Å². The summed E-state index contributed by atoms with van der Waals surface area (Å²) < 4.78 is 18.0. The molecule has 0 radical (unpaired) electrons. The zero-order valence-electron chi connectivity index (χ0n) is 37.4. The van der Waals surface area contributed by atoms with Crippen molar-refractivity contribution in [1.82, 2.24) is 4.90 Å². The first-order valence-corrected chi connectivity index (χ1v) is 23.8. The number of nitrogens with zero attached hydrogens (tertiary/aromatic N) is 1. The number of rotatable bonds is 43. The summed E-state index contributed by atoms with van der Waals surface area (Å²) in [6.07, 6.45) is 47.2. The zero-order valence-corrected chi connectivity index (χ0v) is 37.4. The molecule has 0 aliphatic rings. The number of hydrogen-bond donors (Lipinski definition) is 0. The Morgan fingerprint density at radius 3 is 1.30 bits per heavy atom. The molecule has 0 aromatic rings. The molecule has 0 rings (SSSR count). The van der Waals surface area contributed by atoms with Gasteiger partial charge in [0.1, 0.15) is 12.7 Å². The van der Waals surface area contributed by atoms with Gasteiger partial charge in [0.2, 0.25) is 0 Å². The van der Waals surface area contributed by atoms with Crippen LogP contribution < -0.4 is 0 Å². The average Bonchev–Trinajstić information content (AvgIpc) is 3.15. The Balaban J connectivity index is 4.17. The predicted molar refractivity (Wildman–Crippen MR) is 237 cm³/mol. The van der Waals surface area contributed by atoms with Crippen LogP contribution in [0.3, 0.4) is 0 Å². The van der Waals surface area contributed by atoms with Crippen molar-refractivity contribution in [3.63, 3.8) is 0 Å². The first kappa shape index (κ1) is 52.8. The Hall–Kier alpha value is -1.17. The van der Waals surface area contributed by atoms with Gasteiger partial charge in [-0.05, 0) is 105 Å². The van der Waals surface area contributed by atoms with Gasteiger partial charge in [-0.1, -0.05) is 154 Å². The highest BCUT2D eigenvalue weighted by molar-refractivity contribution is 5.69. The van der Waals surface area contributed by atoms with Gasteiger partial charge in [0.25, 0.3) is 0 Å². The third kappa shape index (κ3) is 39.1. The first-order valence-electron chi connectivity index (χ1n) is 23.8. The molecule has 320 valence electrons. The topological polar surface area (TPSA) is 48.0 Å². The van der Waals surface area contributed by atoms with Crippen LogP contribution >= 0.6 is 0 Å². The van der Waals surface area contributed by atoms with Gasteiger partial charge in [-0.3, -0.25) is 9.69 Å². The van der Waals surface area contributed by atoms with E-state index in [0.717, 1.165) is 32.4 Å². The van der Waals surface area contributed by atoms with Crippen LogP contribution in [0.25, 0.3) is 0 Å². The smallest absolute Gasteiger partial charge is 0.305 e.